The lowest BCUT2D eigenvalue weighted by Gasteiger charge is -2.13. The standard InChI is InChI=1S/C14H18N2O3S/c1-9-12-8-11(6-7-13(12)15-14(9)17)20(18,19)16-10-4-2-3-5-10/h6-10,16H,2-5H2,1H3,(H,15,17)/t9-/m0/s1. The summed E-state index contributed by atoms with van der Waals surface area (Å²) in [6.07, 6.45) is 3.96. The summed E-state index contributed by atoms with van der Waals surface area (Å²) in [6, 6.07) is 4.87. The molecule has 6 heteroatoms. The van der Waals surface area contributed by atoms with Crippen LogP contribution >= 0.6 is 0 Å². The number of hydrogen-bond donors (Lipinski definition) is 2. The van der Waals surface area contributed by atoms with Gasteiger partial charge < -0.3 is 5.32 Å². The van der Waals surface area contributed by atoms with E-state index in [1.807, 2.05) is 0 Å². The van der Waals surface area contributed by atoms with E-state index in [2.05, 4.69) is 10.0 Å². The second kappa shape index (κ2) is 4.86. The predicted molar refractivity (Wildman–Crippen MR) is 76.1 cm³/mol. The molecule has 2 N–H and O–H groups in total. The van der Waals surface area contributed by atoms with Crippen LogP contribution in [0.2, 0.25) is 0 Å². The molecule has 1 atom stereocenters. The Morgan fingerprint density at radius 2 is 1.95 bits per heavy atom. The first-order valence-electron chi connectivity index (χ1n) is 6.94. The molecule has 0 saturated heterocycles. The molecule has 5 nitrogen and oxygen atoms in total. The van der Waals surface area contributed by atoms with E-state index in [1.54, 1.807) is 25.1 Å². The smallest absolute Gasteiger partial charge is 0.240 e. The zero-order valence-corrected chi connectivity index (χ0v) is 12.2. The second-order valence-corrected chi connectivity index (χ2v) is 7.28. The minimum atomic E-state index is -3.50. The Labute approximate surface area is 118 Å². The summed E-state index contributed by atoms with van der Waals surface area (Å²) in [5.41, 5.74) is 1.46. The Bertz CT molecular complexity index is 648. The van der Waals surface area contributed by atoms with Gasteiger partial charge in [0.2, 0.25) is 15.9 Å². The van der Waals surface area contributed by atoms with Gasteiger partial charge in [0.1, 0.15) is 0 Å². The van der Waals surface area contributed by atoms with E-state index in [1.165, 1.54) is 0 Å². The number of nitrogens with one attached hydrogen (secondary N) is 2. The van der Waals surface area contributed by atoms with Gasteiger partial charge in [-0.1, -0.05) is 12.8 Å². The number of rotatable bonds is 3. The summed E-state index contributed by atoms with van der Waals surface area (Å²) in [7, 11) is -3.50. The van der Waals surface area contributed by atoms with Crippen LogP contribution in [-0.2, 0) is 14.8 Å². The van der Waals surface area contributed by atoms with Crippen LogP contribution in [0.1, 0.15) is 44.1 Å². The summed E-state index contributed by atoms with van der Waals surface area (Å²) in [5.74, 6) is -0.384. The number of sulfonamides is 1. The molecule has 20 heavy (non-hydrogen) atoms. The second-order valence-electron chi connectivity index (χ2n) is 5.56. The van der Waals surface area contributed by atoms with Crippen molar-refractivity contribution < 1.29 is 13.2 Å². The fourth-order valence-electron chi connectivity index (χ4n) is 2.89. The summed E-state index contributed by atoms with van der Waals surface area (Å²) in [5, 5.41) is 2.74. The molecule has 1 fully saturated rings. The number of hydrogen-bond acceptors (Lipinski definition) is 3. The van der Waals surface area contributed by atoms with Gasteiger partial charge in [-0.3, -0.25) is 4.79 Å². The van der Waals surface area contributed by atoms with Gasteiger partial charge in [-0.15, -0.1) is 0 Å². The number of fused-ring (bicyclic) bond motifs is 1. The molecule has 1 aliphatic heterocycles. The van der Waals surface area contributed by atoms with Crippen molar-refractivity contribution in [1.82, 2.24) is 4.72 Å². The molecule has 0 bridgehead atoms. The number of anilines is 1. The molecule has 3 rings (SSSR count). The maximum Gasteiger partial charge on any atom is 0.240 e. The van der Waals surface area contributed by atoms with Crippen LogP contribution in [0.4, 0.5) is 5.69 Å². The molecule has 0 radical (unpaired) electrons. The number of amides is 1. The lowest BCUT2D eigenvalue weighted by atomic mass is 10.0. The molecule has 0 unspecified atom stereocenters. The minimum absolute atomic E-state index is 0.0467. The predicted octanol–water partition coefficient (Wildman–Crippen LogP) is 1.96. The van der Waals surface area contributed by atoms with E-state index < -0.39 is 10.0 Å². The summed E-state index contributed by atoms with van der Waals surface area (Å²) < 4.78 is 27.5. The van der Waals surface area contributed by atoms with Crippen molar-refractivity contribution in [3.8, 4) is 0 Å². The number of carbonyl (C=O) groups excluding carboxylic acids is 1. The van der Waals surface area contributed by atoms with Gasteiger partial charge in [0.25, 0.3) is 0 Å². The van der Waals surface area contributed by atoms with Crippen molar-refractivity contribution in [3.63, 3.8) is 0 Å². The van der Waals surface area contributed by atoms with E-state index >= 15 is 0 Å². The first kappa shape index (κ1) is 13.6. The van der Waals surface area contributed by atoms with Gasteiger partial charge in [0, 0.05) is 11.7 Å². The van der Waals surface area contributed by atoms with E-state index in [9.17, 15) is 13.2 Å². The Morgan fingerprint density at radius 1 is 1.25 bits per heavy atom. The number of benzene rings is 1. The highest BCUT2D eigenvalue weighted by Crippen LogP contribution is 2.33. The highest BCUT2D eigenvalue weighted by atomic mass is 32.2. The quantitative estimate of drug-likeness (QED) is 0.895. The van der Waals surface area contributed by atoms with Crippen molar-refractivity contribution in [2.75, 3.05) is 5.32 Å². The average Bonchev–Trinajstić information content (AvgIpc) is 2.98. The van der Waals surface area contributed by atoms with Crippen LogP contribution in [0, 0.1) is 0 Å². The maximum absolute atomic E-state index is 12.4. The third kappa shape index (κ3) is 2.33. The minimum Gasteiger partial charge on any atom is -0.325 e. The van der Waals surface area contributed by atoms with Gasteiger partial charge in [0.15, 0.2) is 0 Å². The third-order valence-corrected chi connectivity index (χ3v) is 5.65. The zero-order valence-electron chi connectivity index (χ0n) is 11.3. The fourth-order valence-corrected chi connectivity index (χ4v) is 4.23. The molecule has 1 amide bonds. The van der Waals surface area contributed by atoms with Gasteiger partial charge in [-0.05, 0) is 43.5 Å². The molecule has 1 aliphatic carbocycles. The molecule has 1 saturated carbocycles. The third-order valence-electron chi connectivity index (χ3n) is 4.13. The van der Waals surface area contributed by atoms with Crippen molar-refractivity contribution >= 4 is 21.6 Å². The monoisotopic (exact) mass is 294 g/mol. The molecule has 0 spiro atoms. The Hall–Kier alpha value is -1.40. The van der Waals surface area contributed by atoms with Crippen LogP contribution in [0.15, 0.2) is 23.1 Å². The van der Waals surface area contributed by atoms with Crippen LogP contribution in [-0.4, -0.2) is 20.4 Å². The molecule has 1 aromatic rings. The first-order chi connectivity index (χ1) is 9.47. The van der Waals surface area contributed by atoms with Gasteiger partial charge in [-0.25, -0.2) is 13.1 Å². The topological polar surface area (TPSA) is 75.3 Å². The molecule has 0 aromatic heterocycles. The normalized spacial score (nSPS) is 22.9. The maximum atomic E-state index is 12.4. The highest BCUT2D eigenvalue weighted by molar-refractivity contribution is 7.89. The Kier molecular flexibility index (Phi) is 3.30. The van der Waals surface area contributed by atoms with Gasteiger partial charge in [0.05, 0.1) is 10.8 Å². The summed E-state index contributed by atoms with van der Waals surface area (Å²) >= 11 is 0. The Morgan fingerprint density at radius 3 is 2.65 bits per heavy atom. The Balaban J connectivity index is 1.89. The van der Waals surface area contributed by atoms with Crippen LogP contribution < -0.4 is 10.0 Å². The van der Waals surface area contributed by atoms with Gasteiger partial charge in [-0.2, -0.15) is 0 Å². The van der Waals surface area contributed by atoms with Gasteiger partial charge >= 0.3 is 0 Å². The van der Waals surface area contributed by atoms with Crippen molar-refractivity contribution in [1.29, 1.82) is 0 Å². The van der Waals surface area contributed by atoms with Crippen molar-refractivity contribution in [2.24, 2.45) is 0 Å². The average molecular weight is 294 g/mol. The molecule has 108 valence electrons. The van der Waals surface area contributed by atoms with Crippen molar-refractivity contribution in [3.05, 3.63) is 23.8 Å². The molecule has 1 aromatic carbocycles. The van der Waals surface area contributed by atoms with Crippen LogP contribution in [0.3, 0.4) is 0 Å². The van der Waals surface area contributed by atoms with E-state index in [-0.39, 0.29) is 22.8 Å². The first-order valence-corrected chi connectivity index (χ1v) is 8.43. The summed E-state index contributed by atoms with van der Waals surface area (Å²) in [4.78, 5) is 11.8. The summed E-state index contributed by atoms with van der Waals surface area (Å²) in [6.45, 7) is 1.78. The lowest BCUT2D eigenvalue weighted by molar-refractivity contribution is -0.116. The zero-order chi connectivity index (χ0) is 14.3. The SMILES string of the molecule is C[C@@H]1C(=O)Nc2ccc(S(=O)(=O)NC3CCCC3)cc21. The number of carbonyl (C=O) groups is 1. The molecular formula is C14H18N2O3S. The van der Waals surface area contributed by atoms with E-state index in [4.69, 9.17) is 0 Å². The van der Waals surface area contributed by atoms with Crippen molar-refractivity contribution in [2.45, 2.75) is 49.5 Å². The highest BCUT2D eigenvalue weighted by Gasteiger charge is 2.29. The molecular weight excluding hydrogens is 276 g/mol. The lowest BCUT2D eigenvalue weighted by Crippen LogP contribution is -2.32. The largest absolute Gasteiger partial charge is 0.325 e. The molecule has 1 heterocycles. The molecule has 2 aliphatic rings. The van der Waals surface area contributed by atoms with Crippen LogP contribution in [0.25, 0.3) is 0 Å². The van der Waals surface area contributed by atoms with E-state index in [0.717, 1.165) is 31.2 Å². The fraction of sp³-hybridized carbons (Fsp3) is 0.500. The van der Waals surface area contributed by atoms with Crippen LogP contribution in [0.5, 0.6) is 0 Å². The van der Waals surface area contributed by atoms with E-state index in [0.29, 0.717) is 5.69 Å².